The van der Waals surface area contributed by atoms with E-state index in [4.69, 9.17) is 37.4 Å². The number of piperidine rings is 1. The highest BCUT2D eigenvalue weighted by Gasteiger charge is 2.45. The number of anilines is 2. The van der Waals surface area contributed by atoms with Gasteiger partial charge >= 0.3 is 6.09 Å². The van der Waals surface area contributed by atoms with Crippen molar-refractivity contribution in [2.24, 2.45) is 0 Å². The molecule has 1 amide bonds. The summed E-state index contributed by atoms with van der Waals surface area (Å²) in [6, 6.07) is 6.43. The van der Waals surface area contributed by atoms with E-state index >= 15 is 0 Å². The number of nitrogens with one attached hydrogen (secondary N) is 1. The first-order valence-electron chi connectivity index (χ1n) is 13.1. The Morgan fingerprint density at radius 1 is 1.15 bits per heavy atom. The molecule has 0 aliphatic carbocycles. The largest absolute Gasteiger partial charge is 0.487 e. The second kappa shape index (κ2) is 11.4. The summed E-state index contributed by atoms with van der Waals surface area (Å²) >= 11 is 11.9. The standard InChI is InChI=1S/C28H31Cl2FN4O5/c1-28(2,3)40-27(37)35-15-4-5-16(35)11-17(10-15)39-23-12-18-21(13-22(23)38-9-8-36)32-14-33-26(18)34-20-7-6-19(29)24(30)25(20)31/h6-7,12-17,36H,4-5,8-11H2,1-3H3,(H,32,33,34)/t15-,16+,17?. The van der Waals surface area contributed by atoms with Crippen LogP contribution in [0.4, 0.5) is 20.7 Å². The van der Waals surface area contributed by atoms with Crippen LogP contribution >= 0.6 is 23.2 Å². The highest BCUT2D eigenvalue weighted by molar-refractivity contribution is 6.42. The highest BCUT2D eigenvalue weighted by atomic mass is 35.5. The summed E-state index contributed by atoms with van der Waals surface area (Å²) in [5, 5.41) is 12.8. The van der Waals surface area contributed by atoms with Crippen LogP contribution in [0.25, 0.3) is 10.9 Å². The van der Waals surface area contributed by atoms with E-state index in [1.807, 2.05) is 25.7 Å². The van der Waals surface area contributed by atoms with Crippen molar-refractivity contribution in [2.75, 3.05) is 18.5 Å². The predicted octanol–water partition coefficient (Wildman–Crippen LogP) is 6.50. The van der Waals surface area contributed by atoms with Crippen LogP contribution in [0, 0.1) is 5.82 Å². The molecule has 2 fully saturated rings. The Kier molecular flexibility index (Phi) is 8.13. The maximum absolute atomic E-state index is 14.8. The van der Waals surface area contributed by atoms with Gasteiger partial charge in [0.2, 0.25) is 0 Å². The van der Waals surface area contributed by atoms with Crippen LogP contribution in [0.15, 0.2) is 30.6 Å². The van der Waals surface area contributed by atoms with Gasteiger partial charge in [-0.05, 0) is 51.8 Å². The van der Waals surface area contributed by atoms with E-state index < -0.39 is 11.4 Å². The third-order valence-electron chi connectivity index (χ3n) is 6.93. The molecule has 12 heteroatoms. The van der Waals surface area contributed by atoms with Crippen LogP contribution < -0.4 is 14.8 Å². The van der Waals surface area contributed by atoms with Gasteiger partial charge in [-0.2, -0.15) is 0 Å². The van der Waals surface area contributed by atoms with Gasteiger partial charge in [0.1, 0.15) is 30.5 Å². The number of hydrogen-bond acceptors (Lipinski definition) is 8. The molecule has 2 bridgehead atoms. The zero-order chi connectivity index (χ0) is 28.6. The van der Waals surface area contributed by atoms with Crippen molar-refractivity contribution in [1.82, 2.24) is 14.9 Å². The zero-order valence-corrected chi connectivity index (χ0v) is 23.9. The van der Waals surface area contributed by atoms with Crippen molar-refractivity contribution in [3.8, 4) is 11.5 Å². The molecule has 3 heterocycles. The van der Waals surface area contributed by atoms with Gasteiger partial charge in [0.25, 0.3) is 0 Å². The Labute approximate surface area is 241 Å². The minimum absolute atomic E-state index is 0.0130. The van der Waals surface area contributed by atoms with Crippen molar-refractivity contribution in [2.45, 2.75) is 70.2 Å². The molecule has 0 saturated carbocycles. The Balaban J connectivity index is 1.42. The average Bonchev–Trinajstić information content (AvgIpc) is 3.17. The van der Waals surface area contributed by atoms with Crippen molar-refractivity contribution >= 4 is 51.7 Å². The smallest absolute Gasteiger partial charge is 0.410 e. The number of rotatable bonds is 7. The topological polar surface area (TPSA) is 106 Å². The number of fused-ring (bicyclic) bond motifs is 3. The first-order chi connectivity index (χ1) is 19.0. The summed E-state index contributed by atoms with van der Waals surface area (Å²) in [4.78, 5) is 23.4. The summed E-state index contributed by atoms with van der Waals surface area (Å²) in [5.74, 6) is 0.477. The number of halogens is 3. The lowest BCUT2D eigenvalue weighted by molar-refractivity contribution is -0.00744. The minimum atomic E-state index is -0.701. The van der Waals surface area contributed by atoms with Gasteiger partial charge in [0.15, 0.2) is 17.3 Å². The molecule has 3 aromatic rings. The summed E-state index contributed by atoms with van der Waals surface area (Å²) < 4.78 is 32.7. The van der Waals surface area contributed by atoms with Crippen molar-refractivity contribution < 1.29 is 28.5 Å². The monoisotopic (exact) mass is 592 g/mol. The minimum Gasteiger partial charge on any atom is -0.487 e. The number of benzene rings is 2. The van der Waals surface area contributed by atoms with E-state index in [-0.39, 0.29) is 53.2 Å². The number of carbonyl (C=O) groups excluding carboxylic acids is 1. The first kappa shape index (κ1) is 28.4. The van der Waals surface area contributed by atoms with Crippen molar-refractivity contribution in [3.05, 3.63) is 46.5 Å². The van der Waals surface area contributed by atoms with Crippen molar-refractivity contribution in [1.29, 1.82) is 0 Å². The molecular formula is C28H31Cl2FN4O5. The average molecular weight is 593 g/mol. The van der Waals surface area contributed by atoms with E-state index in [1.165, 1.54) is 18.5 Å². The Bertz CT molecular complexity index is 1410. The van der Waals surface area contributed by atoms with Gasteiger partial charge in [-0.15, -0.1) is 0 Å². The summed E-state index contributed by atoms with van der Waals surface area (Å²) in [7, 11) is 0. The lowest BCUT2D eigenvalue weighted by Crippen LogP contribution is -2.50. The molecule has 0 radical (unpaired) electrons. The highest BCUT2D eigenvalue weighted by Crippen LogP contribution is 2.41. The second-order valence-electron chi connectivity index (χ2n) is 10.9. The fourth-order valence-corrected chi connectivity index (χ4v) is 5.60. The lowest BCUT2D eigenvalue weighted by atomic mass is 10.00. The fourth-order valence-electron chi connectivity index (χ4n) is 5.29. The third kappa shape index (κ3) is 5.99. The van der Waals surface area contributed by atoms with Crippen molar-refractivity contribution in [3.63, 3.8) is 0 Å². The van der Waals surface area contributed by atoms with Crippen LogP contribution in [-0.2, 0) is 4.74 Å². The Hall–Kier alpha value is -3.08. The lowest BCUT2D eigenvalue weighted by Gasteiger charge is -2.39. The van der Waals surface area contributed by atoms with E-state index in [1.54, 1.807) is 12.1 Å². The maximum atomic E-state index is 14.8. The molecule has 214 valence electrons. The van der Waals surface area contributed by atoms with Crippen LogP contribution in [0.5, 0.6) is 11.5 Å². The summed E-state index contributed by atoms with van der Waals surface area (Å²) in [6.07, 6.45) is 3.91. The second-order valence-corrected chi connectivity index (χ2v) is 11.7. The molecule has 0 spiro atoms. The summed E-state index contributed by atoms with van der Waals surface area (Å²) in [5.41, 5.74) is 0.0590. The van der Waals surface area contributed by atoms with Crippen LogP contribution in [-0.4, -0.2) is 63.1 Å². The predicted molar refractivity (Wildman–Crippen MR) is 150 cm³/mol. The quantitative estimate of drug-likeness (QED) is 0.299. The van der Waals surface area contributed by atoms with E-state index in [9.17, 15) is 14.3 Å². The van der Waals surface area contributed by atoms with Gasteiger partial charge < -0.3 is 29.5 Å². The van der Waals surface area contributed by atoms with Gasteiger partial charge in [-0.3, -0.25) is 0 Å². The maximum Gasteiger partial charge on any atom is 0.410 e. The molecule has 40 heavy (non-hydrogen) atoms. The number of amides is 1. The molecule has 2 N–H and O–H groups in total. The molecule has 2 aliphatic rings. The van der Waals surface area contributed by atoms with Crippen LogP contribution in [0.3, 0.4) is 0 Å². The molecule has 5 rings (SSSR count). The number of carbonyl (C=O) groups is 1. The normalized spacial score (nSPS) is 20.5. The Morgan fingerprint density at radius 3 is 2.55 bits per heavy atom. The molecule has 9 nitrogen and oxygen atoms in total. The zero-order valence-electron chi connectivity index (χ0n) is 22.4. The number of hydrogen-bond donors (Lipinski definition) is 2. The van der Waals surface area contributed by atoms with E-state index in [0.717, 1.165) is 12.8 Å². The van der Waals surface area contributed by atoms with Crippen LogP contribution in [0.1, 0.15) is 46.5 Å². The van der Waals surface area contributed by atoms with E-state index in [0.29, 0.717) is 41.1 Å². The number of ether oxygens (including phenoxy) is 3. The third-order valence-corrected chi connectivity index (χ3v) is 7.71. The van der Waals surface area contributed by atoms with Gasteiger partial charge in [-0.1, -0.05) is 23.2 Å². The molecule has 1 aromatic heterocycles. The molecular weight excluding hydrogens is 562 g/mol. The van der Waals surface area contributed by atoms with Gasteiger partial charge in [0.05, 0.1) is 27.9 Å². The summed E-state index contributed by atoms with van der Waals surface area (Å²) in [6.45, 7) is 5.47. The Morgan fingerprint density at radius 2 is 1.88 bits per heavy atom. The fraction of sp³-hybridized carbons (Fsp3) is 0.464. The van der Waals surface area contributed by atoms with E-state index in [2.05, 4.69) is 15.3 Å². The van der Waals surface area contributed by atoms with Gasteiger partial charge in [0, 0.05) is 36.4 Å². The number of aliphatic hydroxyl groups excluding tert-OH is 1. The molecule has 2 saturated heterocycles. The first-order valence-corrected chi connectivity index (χ1v) is 13.9. The molecule has 2 aromatic carbocycles. The van der Waals surface area contributed by atoms with Crippen LogP contribution in [0.2, 0.25) is 10.0 Å². The number of aliphatic hydroxyl groups is 1. The molecule has 2 aliphatic heterocycles. The molecule has 3 atom stereocenters. The number of nitrogens with zero attached hydrogens (tertiary/aromatic N) is 3. The molecule has 1 unspecified atom stereocenters. The van der Waals surface area contributed by atoms with Gasteiger partial charge in [-0.25, -0.2) is 19.2 Å². The number of aromatic nitrogens is 2. The SMILES string of the molecule is CC(C)(C)OC(=O)N1[C@@H]2CC[C@H]1CC(Oc1cc3c(Nc4ccc(Cl)c(Cl)c4F)ncnc3cc1OCCO)C2.